The summed E-state index contributed by atoms with van der Waals surface area (Å²) in [5, 5.41) is 11.1. The molecule has 206 valence electrons. The number of likely N-dealkylation sites (N-methyl/N-ethyl adjacent to an activating group) is 2. The van der Waals surface area contributed by atoms with Crippen molar-refractivity contribution >= 4 is 11.6 Å². The highest BCUT2D eigenvalue weighted by Gasteiger charge is 2.66. The number of likely N-dealkylation sites (tertiary alicyclic amines) is 1. The molecule has 1 spiro atoms. The van der Waals surface area contributed by atoms with Crippen molar-refractivity contribution in [2.45, 2.75) is 55.5 Å². The van der Waals surface area contributed by atoms with Crippen molar-refractivity contribution in [3.05, 3.63) is 52.6 Å². The molecule has 2 bridgehead atoms. The average molecular weight is 540 g/mol. The number of aromatic hydroxyl groups is 1. The Morgan fingerprint density at radius 2 is 1.90 bits per heavy atom. The van der Waals surface area contributed by atoms with E-state index in [2.05, 4.69) is 23.8 Å². The Kier molecular flexibility index (Phi) is 5.85. The molecule has 2 aromatic carbocycles. The van der Waals surface area contributed by atoms with Gasteiger partial charge < -0.3 is 24.5 Å². The molecule has 9 heteroatoms. The zero-order chi connectivity index (χ0) is 27.9. The van der Waals surface area contributed by atoms with E-state index in [1.807, 2.05) is 19.0 Å². The molecule has 6 rings (SSSR count). The number of carbonyl (C=O) groups excluding carboxylic acids is 1. The van der Waals surface area contributed by atoms with Crippen LogP contribution in [0.5, 0.6) is 11.5 Å². The summed E-state index contributed by atoms with van der Waals surface area (Å²) in [6.07, 6.45) is -1.29. The molecule has 2 fully saturated rings. The maximum atomic E-state index is 13.3. The molecule has 1 amide bonds. The van der Waals surface area contributed by atoms with Crippen molar-refractivity contribution in [3.63, 3.8) is 0 Å². The molecule has 5 atom stereocenters. The minimum Gasteiger partial charge on any atom is -0.504 e. The Morgan fingerprint density at radius 3 is 2.56 bits per heavy atom. The standard InChI is InChI=1S/C30H32F3N3O3/c1-34(2)22-16-24(37)27-26-19(22)15-23-20-10-11-21(28(39-27)29(20,26)13-14-35(23)3)36(4)25(38)12-7-17-5-8-18(9-6-17)30(31,32)33/h5-6,8-9,16,20-21,23,28,37H,10-11,13-15H2,1-4H3/t20-,21+,23+,28-,29-/m0/s1. The molecular weight excluding hydrogens is 507 g/mol. The fraction of sp³-hybridized carbons (Fsp3) is 0.500. The van der Waals surface area contributed by atoms with E-state index in [1.54, 1.807) is 18.0 Å². The van der Waals surface area contributed by atoms with Gasteiger partial charge in [-0.05, 0) is 75.0 Å². The molecule has 2 aromatic rings. The van der Waals surface area contributed by atoms with Gasteiger partial charge in [0.2, 0.25) is 0 Å². The van der Waals surface area contributed by atoms with Crippen molar-refractivity contribution in [1.29, 1.82) is 0 Å². The minimum atomic E-state index is -4.42. The summed E-state index contributed by atoms with van der Waals surface area (Å²) in [5.74, 6) is 5.97. The summed E-state index contributed by atoms with van der Waals surface area (Å²) in [7, 11) is 7.88. The van der Waals surface area contributed by atoms with E-state index in [0.29, 0.717) is 23.3 Å². The third kappa shape index (κ3) is 3.79. The number of piperidine rings is 1. The smallest absolute Gasteiger partial charge is 0.416 e. The zero-order valence-corrected chi connectivity index (χ0v) is 22.5. The van der Waals surface area contributed by atoms with Gasteiger partial charge in [0.25, 0.3) is 5.91 Å². The van der Waals surface area contributed by atoms with Crippen molar-refractivity contribution in [2.75, 3.05) is 39.6 Å². The van der Waals surface area contributed by atoms with Gasteiger partial charge in [0.15, 0.2) is 11.5 Å². The Labute approximate surface area is 226 Å². The van der Waals surface area contributed by atoms with Crippen LogP contribution < -0.4 is 9.64 Å². The Balaban J connectivity index is 1.34. The van der Waals surface area contributed by atoms with Crippen LogP contribution in [0.25, 0.3) is 0 Å². The highest BCUT2D eigenvalue weighted by atomic mass is 19.4. The Bertz CT molecular complexity index is 1390. The molecule has 0 radical (unpaired) electrons. The lowest BCUT2D eigenvalue weighted by Gasteiger charge is -2.60. The van der Waals surface area contributed by atoms with Crippen molar-refractivity contribution in [2.24, 2.45) is 5.92 Å². The summed E-state index contributed by atoms with van der Waals surface area (Å²) in [5.41, 5.74) is 2.62. The van der Waals surface area contributed by atoms with Gasteiger partial charge in [-0.2, -0.15) is 13.2 Å². The monoisotopic (exact) mass is 539 g/mol. The molecule has 39 heavy (non-hydrogen) atoms. The van der Waals surface area contributed by atoms with E-state index in [9.17, 15) is 23.1 Å². The van der Waals surface area contributed by atoms with Crippen LogP contribution in [0.1, 0.15) is 41.5 Å². The zero-order valence-electron chi connectivity index (χ0n) is 22.5. The van der Waals surface area contributed by atoms with Gasteiger partial charge in [-0.15, -0.1) is 0 Å². The van der Waals surface area contributed by atoms with E-state index in [0.717, 1.165) is 55.6 Å². The molecule has 2 heterocycles. The number of anilines is 1. The molecule has 4 aliphatic rings. The SMILES string of the molecule is CN(C)c1cc(O)c2c3c1C[C@@H]1[C@@H]4CC[C@@H](N(C)C(=O)C#Cc5ccc(C(F)(F)F)cc5)[C@H](O2)[C@]34CCN1C. The Hall–Kier alpha value is -3.38. The topological polar surface area (TPSA) is 56.3 Å². The number of phenols is 1. The molecule has 1 saturated carbocycles. The van der Waals surface area contributed by atoms with E-state index in [-0.39, 0.29) is 23.3 Å². The fourth-order valence-electron chi connectivity index (χ4n) is 7.68. The van der Waals surface area contributed by atoms with E-state index < -0.39 is 17.6 Å². The van der Waals surface area contributed by atoms with Gasteiger partial charge in [0, 0.05) is 61.4 Å². The van der Waals surface area contributed by atoms with E-state index in [4.69, 9.17) is 4.74 Å². The van der Waals surface area contributed by atoms with E-state index in [1.165, 1.54) is 17.7 Å². The lowest BCUT2D eigenvalue weighted by molar-refractivity contribution is -0.137. The van der Waals surface area contributed by atoms with Gasteiger partial charge >= 0.3 is 6.18 Å². The summed E-state index contributed by atoms with van der Waals surface area (Å²) in [4.78, 5) is 19.4. The number of hydrogen-bond donors (Lipinski definition) is 1. The third-order valence-electron chi connectivity index (χ3n) is 9.49. The molecule has 2 aliphatic heterocycles. The molecule has 6 nitrogen and oxygen atoms in total. The molecule has 0 unspecified atom stereocenters. The minimum absolute atomic E-state index is 0.132. The number of ether oxygens (including phenoxy) is 1. The van der Waals surface area contributed by atoms with Crippen LogP contribution in [-0.2, 0) is 22.8 Å². The third-order valence-corrected chi connectivity index (χ3v) is 9.49. The summed E-state index contributed by atoms with van der Waals surface area (Å²) in [6.45, 7) is 0.908. The molecule has 2 aliphatic carbocycles. The lowest BCUT2D eigenvalue weighted by atomic mass is 9.51. The van der Waals surface area contributed by atoms with Crippen LogP contribution in [0, 0.1) is 17.8 Å². The first-order valence-electron chi connectivity index (χ1n) is 13.3. The van der Waals surface area contributed by atoms with Crippen LogP contribution in [0.4, 0.5) is 18.9 Å². The van der Waals surface area contributed by atoms with Crippen molar-refractivity contribution in [3.8, 4) is 23.3 Å². The summed E-state index contributed by atoms with van der Waals surface area (Å²) < 4.78 is 45.3. The summed E-state index contributed by atoms with van der Waals surface area (Å²) >= 11 is 0. The van der Waals surface area contributed by atoms with Crippen molar-refractivity contribution in [1.82, 2.24) is 9.80 Å². The van der Waals surface area contributed by atoms with Gasteiger partial charge in [0.05, 0.1) is 11.6 Å². The number of halogens is 3. The number of phenolic OH excluding ortho intramolecular Hbond substituents is 1. The fourth-order valence-corrected chi connectivity index (χ4v) is 7.68. The number of nitrogens with zero attached hydrogens (tertiary/aromatic N) is 3. The highest BCUT2D eigenvalue weighted by Crippen LogP contribution is 2.65. The summed E-state index contributed by atoms with van der Waals surface area (Å²) in [6, 6.07) is 6.38. The number of amides is 1. The number of alkyl halides is 3. The molecular formula is C30H32F3N3O3. The number of hydrogen-bond acceptors (Lipinski definition) is 5. The normalized spacial score (nSPS) is 28.6. The Morgan fingerprint density at radius 1 is 1.18 bits per heavy atom. The first-order valence-corrected chi connectivity index (χ1v) is 13.3. The lowest BCUT2D eigenvalue weighted by Crippen LogP contribution is -2.68. The first-order chi connectivity index (χ1) is 18.4. The quantitative estimate of drug-likeness (QED) is 0.585. The maximum absolute atomic E-state index is 13.3. The number of rotatable bonds is 2. The second-order valence-electron chi connectivity index (χ2n) is 11.6. The van der Waals surface area contributed by atoms with Crippen LogP contribution in [0.15, 0.2) is 30.3 Å². The molecule has 1 saturated heterocycles. The van der Waals surface area contributed by atoms with Crippen molar-refractivity contribution < 1.29 is 27.8 Å². The van der Waals surface area contributed by atoms with Gasteiger partial charge in [-0.25, -0.2) is 0 Å². The highest BCUT2D eigenvalue weighted by molar-refractivity contribution is 5.94. The predicted molar refractivity (Wildman–Crippen MR) is 141 cm³/mol. The second-order valence-corrected chi connectivity index (χ2v) is 11.6. The predicted octanol–water partition coefficient (Wildman–Crippen LogP) is 4.02. The molecule has 1 N–H and O–H groups in total. The second kappa shape index (κ2) is 8.82. The van der Waals surface area contributed by atoms with E-state index >= 15 is 0 Å². The van der Waals surface area contributed by atoms with Crippen LogP contribution in [0.3, 0.4) is 0 Å². The van der Waals surface area contributed by atoms with Gasteiger partial charge in [-0.3, -0.25) is 4.79 Å². The van der Waals surface area contributed by atoms with Gasteiger partial charge in [0.1, 0.15) is 6.10 Å². The maximum Gasteiger partial charge on any atom is 0.416 e. The first kappa shape index (κ1) is 25.9. The van der Waals surface area contributed by atoms with Gasteiger partial charge in [-0.1, -0.05) is 5.92 Å². The van der Waals surface area contributed by atoms with Crippen LogP contribution in [0.2, 0.25) is 0 Å². The largest absolute Gasteiger partial charge is 0.504 e. The average Bonchev–Trinajstić information content (AvgIpc) is 3.24. The molecule has 0 aromatic heterocycles. The number of benzene rings is 2. The van der Waals surface area contributed by atoms with Crippen LogP contribution >= 0.6 is 0 Å². The van der Waals surface area contributed by atoms with Crippen LogP contribution in [-0.4, -0.2) is 73.7 Å². The number of carbonyl (C=O) groups is 1.